The van der Waals surface area contributed by atoms with E-state index < -0.39 is 0 Å². The van der Waals surface area contributed by atoms with Gasteiger partial charge in [0.2, 0.25) is 10.1 Å². The van der Waals surface area contributed by atoms with Gasteiger partial charge in [0.1, 0.15) is 5.69 Å². The summed E-state index contributed by atoms with van der Waals surface area (Å²) in [5, 5.41) is 9.74. The van der Waals surface area contributed by atoms with Crippen LogP contribution < -0.4 is 10.2 Å². The lowest BCUT2D eigenvalue weighted by Crippen LogP contribution is -2.48. The van der Waals surface area contributed by atoms with Crippen LogP contribution in [0.3, 0.4) is 0 Å². The number of carbonyl (C=O) groups excluding carboxylic acids is 1. The Morgan fingerprint density at radius 1 is 0.971 bits per heavy atom. The number of amides is 1. The summed E-state index contributed by atoms with van der Waals surface area (Å²) in [4.78, 5) is 23.0. The fourth-order valence-electron chi connectivity index (χ4n) is 5.04. The summed E-state index contributed by atoms with van der Waals surface area (Å²) in [5.41, 5.74) is 4.08. The first kappa shape index (κ1) is 22.1. The Morgan fingerprint density at radius 3 is 2.40 bits per heavy atom. The van der Waals surface area contributed by atoms with E-state index in [0.29, 0.717) is 19.1 Å². The summed E-state index contributed by atoms with van der Waals surface area (Å²) in [6.07, 6.45) is 4.92. The Morgan fingerprint density at radius 2 is 1.69 bits per heavy atom. The van der Waals surface area contributed by atoms with E-state index in [2.05, 4.69) is 41.4 Å². The van der Waals surface area contributed by atoms with Crippen LogP contribution in [0, 0.1) is 6.92 Å². The van der Waals surface area contributed by atoms with Crippen molar-refractivity contribution in [2.75, 3.05) is 36.4 Å². The third-order valence-corrected chi connectivity index (χ3v) is 8.04. The number of benzene rings is 2. The Labute approximate surface area is 209 Å². The number of nitrogens with zero attached hydrogens (tertiary/aromatic N) is 5. The molecule has 0 radical (unpaired) electrons. The van der Waals surface area contributed by atoms with Crippen molar-refractivity contribution in [1.29, 1.82) is 0 Å². The molecule has 3 heterocycles. The van der Waals surface area contributed by atoms with Crippen LogP contribution in [0.25, 0.3) is 16.2 Å². The third-order valence-electron chi connectivity index (χ3n) is 7.07. The largest absolute Gasteiger partial charge is 0.365 e. The second-order valence-electron chi connectivity index (χ2n) is 9.53. The van der Waals surface area contributed by atoms with E-state index in [0.717, 1.165) is 45.8 Å². The van der Waals surface area contributed by atoms with E-state index in [1.807, 2.05) is 39.7 Å². The van der Waals surface area contributed by atoms with Gasteiger partial charge < -0.3 is 15.1 Å². The zero-order valence-corrected chi connectivity index (χ0v) is 20.8. The van der Waals surface area contributed by atoms with Crippen LogP contribution in [-0.2, 0) is 0 Å². The van der Waals surface area contributed by atoms with Crippen molar-refractivity contribution < 1.29 is 4.79 Å². The topological polar surface area (TPSA) is 65.8 Å². The molecule has 1 aliphatic carbocycles. The Hall–Kier alpha value is -3.39. The van der Waals surface area contributed by atoms with Gasteiger partial charge in [-0.2, -0.15) is 4.52 Å². The molecule has 0 bridgehead atoms. The molecule has 7 nitrogen and oxygen atoms in total. The number of aromatic nitrogens is 3. The summed E-state index contributed by atoms with van der Waals surface area (Å²) in [6.45, 7) is 5.03. The first-order chi connectivity index (χ1) is 17.2. The van der Waals surface area contributed by atoms with Gasteiger partial charge in [-0.25, -0.2) is 4.98 Å². The van der Waals surface area contributed by atoms with Gasteiger partial charge in [0.05, 0.1) is 0 Å². The molecule has 0 atom stereocenters. The van der Waals surface area contributed by atoms with Crippen LogP contribution in [-0.4, -0.2) is 57.6 Å². The minimum Gasteiger partial charge on any atom is -0.365 e. The van der Waals surface area contributed by atoms with Crippen LogP contribution in [0.1, 0.15) is 41.6 Å². The molecule has 1 N–H and O–H groups in total. The number of hydrogen-bond acceptors (Lipinski definition) is 6. The van der Waals surface area contributed by atoms with Crippen LogP contribution in [0.15, 0.2) is 54.6 Å². The van der Waals surface area contributed by atoms with E-state index >= 15 is 0 Å². The van der Waals surface area contributed by atoms with E-state index in [1.54, 1.807) is 11.3 Å². The highest BCUT2D eigenvalue weighted by Crippen LogP contribution is 2.35. The fourth-order valence-corrected chi connectivity index (χ4v) is 5.99. The standard InChI is InChI=1S/C27H30N6OS/c1-19-11-13-20(14-12-19)23-24(28-22-9-5-6-10-22)33-26(29-23)35-27(30-33)32-17-15-31(16-18-32)25(34)21-7-3-2-4-8-21/h2-4,7-8,11-14,22,28H,5-6,9-10,15-18H2,1H3. The number of piperazine rings is 1. The lowest BCUT2D eigenvalue weighted by Gasteiger charge is -2.34. The predicted octanol–water partition coefficient (Wildman–Crippen LogP) is 5.08. The quantitative estimate of drug-likeness (QED) is 0.426. The Kier molecular flexibility index (Phi) is 5.90. The highest BCUT2D eigenvalue weighted by molar-refractivity contribution is 7.20. The minimum absolute atomic E-state index is 0.102. The first-order valence-corrected chi connectivity index (χ1v) is 13.3. The third kappa shape index (κ3) is 4.38. The zero-order valence-electron chi connectivity index (χ0n) is 20.0. The molecule has 8 heteroatoms. The van der Waals surface area contributed by atoms with Gasteiger partial charge in [-0.3, -0.25) is 4.79 Å². The van der Waals surface area contributed by atoms with Crippen LogP contribution in [0.4, 0.5) is 10.9 Å². The number of imidazole rings is 1. The first-order valence-electron chi connectivity index (χ1n) is 12.5. The van der Waals surface area contributed by atoms with Gasteiger partial charge >= 0.3 is 0 Å². The molecule has 1 amide bonds. The minimum atomic E-state index is 0.102. The number of rotatable bonds is 5. The van der Waals surface area contributed by atoms with Crippen molar-refractivity contribution >= 4 is 33.2 Å². The van der Waals surface area contributed by atoms with Crippen LogP contribution >= 0.6 is 11.3 Å². The van der Waals surface area contributed by atoms with Crippen molar-refractivity contribution in [2.24, 2.45) is 0 Å². The summed E-state index contributed by atoms with van der Waals surface area (Å²) in [6, 6.07) is 18.6. The molecule has 2 aliphatic rings. The molecule has 2 aromatic heterocycles. The van der Waals surface area contributed by atoms with Gasteiger partial charge in [-0.15, -0.1) is 5.10 Å². The Balaban J connectivity index is 1.24. The van der Waals surface area contributed by atoms with Crippen molar-refractivity contribution in [1.82, 2.24) is 19.5 Å². The second-order valence-corrected chi connectivity index (χ2v) is 10.5. The molecule has 4 aromatic rings. The predicted molar refractivity (Wildman–Crippen MR) is 141 cm³/mol. The molecular formula is C27H30N6OS. The molecule has 2 fully saturated rings. The van der Waals surface area contributed by atoms with Gasteiger partial charge in [0.15, 0.2) is 5.82 Å². The molecule has 180 valence electrons. The maximum Gasteiger partial charge on any atom is 0.253 e. The highest BCUT2D eigenvalue weighted by Gasteiger charge is 2.27. The molecule has 0 unspecified atom stereocenters. The molecule has 35 heavy (non-hydrogen) atoms. The van der Waals surface area contributed by atoms with Gasteiger partial charge in [0.25, 0.3) is 5.91 Å². The normalized spacial score (nSPS) is 16.8. The number of anilines is 2. The fraction of sp³-hybridized carbons (Fsp3) is 0.370. The van der Waals surface area contributed by atoms with Crippen molar-refractivity contribution in [3.63, 3.8) is 0 Å². The summed E-state index contributed by atoms with van der Waals surface area (Å²) in [5.74, 6) is 1.10. The number of hydrogen-bond donors (Lipinski definition) is 1. The number of aryl methyl sites for hydroxylation is 1. The molecular weight excluding hydrogens is 456 g/mol. The lowest BCUT2D eigenvalue weighted by atomic mass is 10.1. The molecule has 6 rings (SSSR count). The second kappa shape index (κ2) is 9.34. The lowest BCUT2D eigenvalue weighted by molar-refractivity contribution is 0.0746. The monoisotopic (exact) mass is 486 g/mol. The van der Waals surface area contributed by atoms with Crippen molar-refractivity contribution in [2.45, 2.75) is 38.6 Å². The average molecular weight is 487 g/mol. The van der Waals surface area contributed by atoms with E-state index in [4.69, 9.17) is 10.1 Å². The van der Waals surface area contributed by atoms with Gasteiger partial charge in [-0.05, 0) is 31.9 Å². The van der Waals surface area contributed by atoms with Crippen molar-refractivity contribution in [3.05, 3.63) is 65.7 Å². The summed E-state index contributed by atoms with van der Waals surface area (Å²) in [7, 11) is 0. The molecule has 1 saturated heterocycles. The zero-order chi connectivity index (χ0) is 23.8. The maximum absolute atomic E-state index is 12.8. The van der Waals surface area contributed by atoms with E-state index in [-0.39, 0.29) is 5.91 Å². The Bertz CT molecular complexity index is 1320. The number of nitrogens with one attached hydrogen (secondary N) is 1. The number of carbonyl (C=O) groups is 1. The molecule has 0 spiro atoms. The SMILES string of the molecule is Cc1ccc(-c2nc3sc(N4CCN(C(=O)c5ccccc5)CC4)nn3c2NC2CCCC2)cc1. The molecule has 1 saturated carbocycles. The number of fused-ring (bicyclic) bond motifs is 1. The maximum atomic E-state index is 12.8. The smallest absolute Gasteiger partial charge is 0.253 e. The summed E-state index contributed by atoms with van der Waals surface area (Å²) < 4.78 is 2.00. The highest BCUT2D eigenvalue weighted by atomic mass is 32.1. The summed E-state index contributed by atoms with van der Waals surface area (Å²) >= 11 is 1.62. The van der Waals surface area contributed by atoms with Crippen molar-refractivity contribution in [3.8, 4) is 11.3 Å². The van der Waals surface area contributed by atoms with E-state index in [1.165, 1.54) is 31.2 Å². The van der Waals surface area contributed by atoms with Gasteiger partial charge in [-0.1, -0.05) is 72.2 Å². The van der Waals surface area contributed by atoms with Gasteiger partial charge in [0, 0.05) is 43.3 Å². The van der Waals surface area contributed by atoms with Crippen LogP contribution in [0.5, 0.6) is 0 Å². The van der Waals surface area contributed by atoms with E-state index in [9.17, 15) is 4.79 Å². The average Bonchev–Trinajstić information content (AvgIpc) is 3.63. The molecule has 1 aliphatic heterocycles. The molecule has 2 aromatic carbocycles. The van der Waals surface area contributed by atoms with Crippen LogP contribution in [0.2, 0.25) is 0 Å².